The SMILES string of the molecule is CNCC1CCN(C(=O)c2cc(F)ccc2F)CC1. The molecule has 1 aliphatic heterocycles. The first kappa shape index (κ1) is 13.9. The van der Waals surface area contributed by atoms with Gasteiger partial charge in [0.1, 0.15) is 11.6 Å². The summed E-state index contributed by atoms with van der Waals surface area (Å²) < 4.78 is 26.6. The Morgan fingerprint density at radius 3 is 2.68 bits per heavy atom. The number of amides is 1. The Balaban J connectivity index is 2.03. The van der Waals surface area contributed by atoms with Gasteiger partial charge < -0.3 is 10.2 Å². The highest BCUT2D eigenvalue weighted by Gasteiger charge is 2.25. The van der Waals surface area contributed by atoms with E-state index in [4.69, 9.17) is 0 Å². The van der Waals surface area contributed by atoms with Crippen molar-refractivity contribution in [2.24, 2.45) is 5.92 Å². The summed E-state index contributed by atoms with van der Waals surface area (Å²) in [6.45, 7) is 2.12. The van der Waals surface area contributed by atoms with Crippen LogP contribution in [0, 0.1) is 17.6 Å². The molecule has 0 aliphatic carbocycles. The lowest BCUT2D eigenvalue weighted by atomic mass is 9.96. The van der Waals surface area contributed by atoms with Crippen LogP contribution < -0.4 is 5.32 Å². The Hall–Kier alpha value is -1.49. The molecule has 0 atom stereocenters. The predicted molar refractivity (Wildman–Crippen MR) is 68.9 cm³/mol. The molecule has 1 aromatic rings. The minimum Gasteiger partial charge on any atom is -0.339 e. The third-order valence-electron chi connectivity index (χ3n) is 3.55. The maximum absolute atomic E-state index is 13.5. The summed E-state index contributed by atoms with van der Waals surface area (Å²) >= 11 is 0. The molecule has 2 rings (SSSR count). The largest absolute Gasteiger partial charge is 0.339 e. The first-order valence-corrected chi connectivity index (χ1v) is 6.50. The lowest BCUT2D eigenvalue weighted by molar-refractivity contribution is 0.0685. The number of benzene rings is 1. The molecule has 1 heterocycles. The van der Waals surface area contributed by atoms with Gasteiger partial charge in [-0.1, -0.05) is 0 Å². The number of halogens is 2. The Labute approximate surface area is 111 Å². The molecule has 104 valence electrons. The monoisotopic (exact) mass is 268 g/mol. The summed E-state index contributed by atoms with van der Waals surface area (Å²) in [5.41, 5.74) is -0.174. The Morgan fingerprint density at radius 1 is 1.37 bits per heavy atom. The van der Waals surface area contributed by atoms with Crippen LogP contribution >= 0.6 is 0 Å². The molecule has 0 bridgehead atoms. The molecular weight excluding hydrogens is 250 g/mol. The van der Waals surface area contributed by atoms with E-state index in [1.54, 1.807) is 4.90 Å². The first-order chi connectivity index (χ1) is 9.11. The summed E-state index contributed by atoms with van der Waals surface area (Å²) in [7, 11) is 1.90. The molecule has 0 radical (unpaired) electrons. The Morgan fingerprint density at radius 2 is 2.05 bits per heavy atom. The van der Waals surface area contributed by atoms with Crippen LogP contribution in [0.15, 0.2) is 18.2 Å². The van der Waals surface area contributed by atoms with E-state index >= 15 is 0 Å². The van der Waals surface area contributed by atoms with Crippen LogP contribution in [-0.4, -0.2) is 37.5 Å². The van der Waals surface area contributed by atoms with Gasteiger partial charge in [0.05, 0.1) is 5.56 Å². The third kappa shape index (κ3) is 3.29. The van der Waals surface area contributed by atoms with Gasteiger partial charge in [0, 0.05) is 13.1 Å². The van der Waals surface area contributed by atoms with Crippen LogP contribution in [0.2, 0.25) is 0 Å². The maximum Gasteiger partial charge on any atom is 0.256 e. The number of nitrogens with one attached hydrogen (secondary N) is 1. The molecule has 1 aliphatic rings. The Bertz CT molecular complexity index is 457. The van der Waals surface area contributed by atoms with Crippen molar-refractivity contribution >= 4 is 5.91 Å². The van der Waals surface area contributed by atoms with Gasteiger partial charge in [-0.05, 0) is 50.6 Å². The smallest absolute Gasteiger partial charge is 0.256 e. The molecule has 1 fully saturated rings. The lowest BCUT2D eigenvalue weighted by Crippen LogP contribution is -2.40. The third-order valence-corrected chi connectivity index (χ3v) is 3.55. The summed E-state index contributed by atoms with van der Waals surface area (Å²) in [5, 5.41) is 3.12. The second-order valence-corrected chi connectivity index (χ2v) is 4.92. The fourth-order valence-corrected chi connectivity index (χ4v) is 2.46. The zero-order chi connectivity index (χ0) is 13.8. The van der Waals surface area contributed by atoms with Gasteiger partial charge in [-0.25, -0.2) is 8.78 Å². The first-order valence-electron chi connectivity index (χ1n) is 6.50. The molecule has 3 nitrogen and oxygen atoms in total. The summed E-state index contributed by atoms with van der Waals surface area (Å²) in [6, 6.07) is 2.99. The number of nitrogens with zero attached hydrogens (tertiary/aromatic N) is 1. The highest BCUT2D eigenvalue weighted by atomic mass is 19.1. The molecule has 0 spiro atoms. The van der Waals surface area contributed by atoms with Crippen molar-refractivity contribution in [1.82, 2.24) is 10.2 Å². The molecule has 0 unspecified atom stereocenters. The number of hydrogen-bond acceptors (Lipinski definition) is 2. The second kappa shape index (κ2) is 6.10. The molecule has 5 heteroatoms. The van der Waals surface area contributed by atoms with Crippen molar-refractivity contribution in [3.8, 4) is 0 Å². The number of carbonyl (C=O) groups excluding carboxylic acids is 1. The maximum atomic E-state index is 13.5. The molecule has 1 amide bonds. The molecule has 1 aromatic carbocycles. The van der Waals surface area contributed by atoms with E-state index in [1.165, 1.54) is 0 Å². The number of piperidine rings is 1. The van der Waals surface area contributed by atoms with Crippen molar-refractivity contribution < 1.29 is 13.6 Å². The van der Waals surface area contributed by atoms with E-state index in [0.29, 0.717) is 19.0 Å². The Kier molecular flexibility index (Phi) is 4.47. The number of carbonyl (C=O) groups is 1. The fourth-order valence-electron chi connectivity index (χ4n) is 2.46. The molecule has 19 heavy (non-hydrogen) atoms. The van der Waals surface area contributed by atoms with E-state index < -0.39 is 17.5 Å². The van der Waals surface area contributed by atoms with Crippen LogP contribution in [0.25, 0.3) is 0 Å². The van der Waals surface area contributed by atoms with Crippen molar-refractivity contribution in [2.45, 2.75) is 12.8 Å². The topological polar surface area (TPSA) is 32.3 Å². The van der Waals surface area contributed by atoms with Crippen LogP contribution in [0.5, 0.6) is 0 Å². The quantitative estimate of drug-likeness (QED) is 0.910. The minimum atomic E-state index is -0.663. The molecule has 0 saturated carbocycles. The highest BCUT2D eigenvalue weighted by molar-refractivity contribution is 5.94. The van der Waals surface area contributed by atoms with Gasteiger partial charge in [0.2, 0.25) is 0 Å². The molecule has 1 N–H and O–H groups in total. The van der Waals surface area contributed by atoms with Crippen LogP contribution in [-0.2, 0) is 0 Å². The second-order valence-electron chi connectivity index (χ2n) is 4.92. The number of hydrogen-bond donors (Lipinski definition) is 1. The van der Waals surface area contributed by atoms with Gasteiger partial charge >= 0.3 is 0 Å². The number of rotatable bonds is 3. The van der Waals surface area contributed by atoms with Crippen molar-refractivity contribution in [2.75, 3.05) is 26.7 Å². The van der Waals surface area contributed by atoms with Crippen molar-refractivity contribution in [3.05, 3.63) is 35.4 Å². The van der Waals surface area contributed by atoms with Gasteiger partial charge in [-0.2, -0.15) is 0 Å². The zero-order valence-electron chi connectivity index (χ0n) is 11.0. The van der Waals surface area contributed by atoms with E-state index in [9.17, 15) is 13.6 Å². The zero-order valence-corrected chi connectivity index (χ0v) is 11.0. The van der Waals surface area contributed by atoms with Crippen molar-refractivity contribution in [3.63, 3.8) is 0 Å². The fraction of sp³-hybridized carbons (Fsp3) is 0.500. The average Bonchev–Trinajstić information content (AvgIpc) is 2.42. The summed E-state index contributed by atoms with van der Waals surface area (Å²) in [5.74, 6) is -1.12. The number of likely N-dealkylation sites (tertiary alicyclic amines) is 1. The summed E-state index contributed by atoms with van der Waals surface area (Å²) in [6.07, 6.45) is 1.78. The standard InChI is InChI=1S/C14H18F2N2O/c1-17-9-10-4-6-18(7-5-10)14(19)12-8-11(15)2-3-13(12)16/h2-3,8,10,17H,4-7,9H2,1H3. The van der Waals surface area contributed by atoms with Gasteiger partial charge in [0.25, 0.3) is 5.91 Å². The van der Waals surface area contributed by atoms with Crippen LogP contribution in [0.3, 0.4) is 0 Å². The van der Waals surface area contributed by atoms with Gasteiger partial charge in [0.15, 0.2) is 0 Å². The van der Waals surface area contributed by atoms with Gasteiger partial charge in [-0.3, -0.25) is 4.79 Å². The van der Waals surface area contributed by atoms with E-state index in [1.807, 2.05) is 7.05 Å². The van der Waals surface area contributed by atoms with E-state index in [0.717, 1.165) is 37.6 Å². The van der Waals surface area contributed by atoms with Crippen molar-refractivity contribution in [1.29, 1.82) is 0 Å². The molecule has 1 saturated heterocycles. The van der Waals surface area contributed by atoms with Crippen LogP contribution in [0.4, 0.5) is 8.78 Å². The average molecular weight is 268 g/mol. The van der Waals surface area contributed by atoms with E-state index in [2.05, 4.69) is 5.32 Å². The lowest BCUT2D eigenvalue weighted by Gasteiger charge is -2.32. The van der Waals surface area contributed by atoms with Crippen LogP contribution in [0.1, 0.15) is 23.2 Å². The molecular formula is C14H18F2N2O. The predicted octanol–water partition coefficient (Wildman–Crippen LogP) is 2.04. The summed E-state index contributed by atoms with van der Waals surface area (Å²) in [4.78, 5) is 13.7. The van der Waals surface area contributed by atoms with Gasteiger partial charge in [-0.15, -0.1) is 0 Å². The normalized spacial score (nSPS) is 16.7. The highest BCUT2D eigenvalue weighted by Crippen LogP contribution is 2.20. The van der Waals surface area contributed by atoms with E-state index in [-0.39, 0.29) is 5.56 Å². The minimum absolute atomic E-state index is 0.174. The molecule has 0 aromatic heterocycles.